The van der Waals surface area contributed by atoms with Crippen LogP contribution < -0.4 is 5.32 Å². The van der Waals surface area contributed by atoms with Gasteiger partial charge in [0.25, 0.3) is 0 Å². The largest absolute Gasteiger partial charge is 0.330 e. The number of carbonyl (C=O) groups excluding carboxylic acids is 1. The van der Waals surface area contributed by atoms with Crippen LogP contribution in [0, 0.1) is 6.92 Å². The number of nitrogens with zero attached hydrogens (tertiary/aromatic N) is 2. The Labute approximate surface area is 100 Å². The van der Waals surface area contributed by atoms with Crippen LogP contribution in [0.25, 0.3) is 0 Å². The second-order valence-corrected chi connectivity index (χ2v) is 3.92. The van der Waals surface area contributed by atoms with E-state index in [4.69, 9.17) is 0 Å². The minimum atomic E-state index is 0.678. The van der Waals surface area contributed by atoms with Crippen LogP contribution in [-0.4, -0.2) is 30.1 Å². The normalized spacial score (nSPS) is 14.4. The molecule has 0 fully saturated rings. The van der Waals surface area contributed by atoms with E-state index in [1.54, 1.807) is 6.21 Å². The van der Waals surface area contributed by atoms with Crippen molar-refractivity contribution in [3.8, 4) is 0 Å². The molecule has 2 rings (SSSR count). The number of aryl methyl sites for hydroxylation is 1. The summed E-state index contributed by atoms with van der Waals surface area (Å²) in [5, 5.41) is 2.68. The fourth-order valence-corrected chi connectivity index (χ4v) is 1.69. The van der Waals surface area contributed by atoms with Crippen molar-refractivity contribution in [3.63, 3.8) is 0 Å². The Kier molecular flexibility index (Phi) is 2.87. The van der Waals surface area contributed by atoms with Gasteiger partial charge in [-0.1, -0.05) is 6.07 Å². The SMILES string of the molecule is C=C1C=NC(c2ccc(C)c(NC=O)c2)=[N+]1C. The van der Waals surface area contributed by atoms with Gasteiger partial charge >= 0.3 is 5.84 Å². The maximum atomic E-state index is 10.5. The van der Waals surface area contributed by atoms with Crippen molar-refractivity contribution in [2.45, 2.75) is 6.92 Å². The molecule has 1 aromatic carbocycles. The Bertz CT molecular complexity index is 556. The van der Waals surface area contributed by atoms with Crippen LogP contribution in [0.5, 0.6) is 0 Å². The zero-order chi connectivity index (χ0) is 12.4. The van der Waals surface area contributed by atoms with E-state index < -0.39 is 0 Å². The quantitative estimate of drug-likeness (QED) is 0.619. The molecule has 0 radical (unpaired) electrons. The van der Waals surface area contributed by atoms with E-state index in [0.717, 1.165) is 28.3 Å². The molecule has 1 N–H and O–H groups in total. The van der Waals surface area contributed by atoms with E-state index in [-0.39, 0.29) is 0 Å². The number of hydrogen-bond acceptors (Lipinski definition) is 2. The van der Waals surface area contributed by atoms with Gasteiger partial charge in [-0.15, -0.1) is 0 Å². The molecular weight excluding hydrogens is 214 g/mol. The highest BCUT2D eigenvalue weighted by atomic mass is 16.1. The summed E-state index contributed by atoms with van der Waals surface area (Å²) in [6.07, 6.45) is 2.40. The van der Waals surface area contributed by atoms with Gasteiger partial charge in [-0.3, -0.25) is 4.79 Å². The maximum absolute atomic E-state index is 10.5. The predicted octanol–water partition coefficient (Wildman–Crippen LogP) is 1.55. The summed E-state index contributed by atoms with van der Waals surface area (Å²) in [5.74, 6) is 0.837. The molecule has 86 valence electrons. The predicted molar refractivity (Wildman–Crippen MR) is 68.8 cm³/mol. The number of rotatable bonds is 3. The summed E-state index contributed by atoms with van der Waals surface area (Å²) in [6.45, 7) is 5.82. The van der Waals surface area contributed by atoms with Crippen molar-refractivity contribution < 1.29 is 9.37 Å². The third-order valence-corrected chi connectivity index (χ3v) is 2.79. The van der Waals surface area contributed by atoms with E-state index in [2.05, 4.69) is 16.9 Å². The molecule has 1 amide bonds. The number of amidine groups is 1. The number of benzene rings is 1. The Morgan fingerprint density at radius 2 is 2.24 bits per heavy atom. The third-order valence-electron chi connectivity index (χ3n) is 2.79. The van der Waals surface area contributed by atoms with Gasteiger partial charge in [0.2, 0.25) is 6.41 Å². The van der Waals surface area contributed by atoms with Gasteiger partial charge in [0.1, 0.15) is 0 Å². The minimum Gasteiger partial charge on any atom is -0.328 e. The number of hydrogen-bond donors (Lipinski definition) is 1. The van der Waals surface area contributed by atoms with E-state index in [0.29, 0.717) is 6.41 Å². The lowest BCUT2D eigenvalue weighted by Crippen LogP contribution is -2.11. The average molecular weight is 228 g/mol. The highest BCUT2D eigenvalue weighted by molar-refractivity contribution is 6.05. The standard InChI is InChI=1S/C13H13N3O/c1-9-4-5-11(6-12(9)15-8-17)13-14-7-10(2)16(13)3/h4-8H,2H2,1,3H3/p+1. The second kappa shape index (κ2) is 4.33. The van der Waals surface area contributed by atoms with E-state index in [1.807, 2.05) is 36.7 Å². The molecule has 1 heterocycles. The van der Waals surface area contributed by atoms with Gasteiger partial charge in [0.05, 0.1) is 12.6 Å². The number of amides is 1. The summed E-state index contributed by atoms with van der Waals surface area (Å²) in [7, 11) is 1.91. The first-order valence-corrected chi connectivity index (χ1v) is 5.28. The van der Waals surface area contributed by atoms with Crippen molar-refractivity contribution in [2.75, 3.05) is 12.4 Å². The Hall–Kier alpha value is -2.23. The van der Waals surface area contributed by atoms with Gasteiger partial charge in [0.15, 0.2) is 11.9 Å². The van der Waals surface area contributed by atoms with Crippen LogP contribution in [0.1, 0.15) is 11.1 Å². The molecule has 1 aliphatic heterocycles. The molecule has 0 aromatic heterocycles. The molecule has 1 aliphatic rings. The van der Waals surface area contributed by atoms with Crippen LogP contribution in [0.3, 0.4) is 0 Å². The van der Waals surface area contributed by atoms with E-state index in [1.165, 1.54) is 0 Å². The molecular formula is C13H14N3O+. The van der Waals surface area contributed by atoms with Crippen molar-refractivity contribution in [1.82, 2.24) is 0 Å². The van der Waals surface area contributed by atoms with Crippen LogP contribution in [-0.2, 0) is 4.79 Å². The maximum Gasteiger partial charge on any atom is 0.330 e. The first-order valence-electron chi connectivity index (χ1n) is 5.28. The van der Waals surface area contributed by atoms with Gasteiger partial charge in [-0.2, -0.15) is 0 Å². The average Bonchev–Trinajstić information content (AvgIpc) is 2.64. The van der Waals surface area contributed by atoms with Gasteiger partial charge < -0.3 is 5.32 Å². The van der Waals surface area contributed by atoms with Crippen molar-refractivity contribution in [3.05, 3.63) is 41.6 Å². The van der Waals surface area contributed by atoms with Crippen molar-refractivity contribution in [1.29, 1.82) is 0 Å². The van der Waals surface area contributed by atoms with Crippen LogP contribution in [0.4, 0.5) is 5.69 Å². The van der Waals surface area contributed by atoms with E-state index in [9.17, 15) is 4.79 Å². The summed E-state index contributed by atoms with van der Waals surface area (Å²) < 4.78 is 1.91. The highest BCUT2D eigenvalue weighted by Crippen LogP contribution is 2.18. The molecule has 1 aromatic rings. The molecule has 0 saturated carbocycles. The molecule has 0 atom stereocenters. The summed E-state index contributed by atoms with van der Waals surface area (Å²) >= 11 is 0. The lowest BCUT2D eigenvalue weighted by molar-refractivity contribution is -0.430. The smallest absolute Gasteiger partial charge is 0.328 e. The monoisotopic (exact) mass is 228 g/mol. The lowest BCUT2D eigenvalue weighted by atomic mass is 10.1. The van der Waals surface area contributed by atoms with E-state index >= 15 is 0 Å². The number of allylic oxidation sites excluding steroid dienone is 1. The van der Waals surface area contributed by atoms with Gasteiger partial charge in [-0.05, 0) is 36.2 Å². The van der Waals surface area contributed by atoms with Crippen molar-refractivity contribution >= 4 is 24.1 Å². The number of carbonyl (C=O) groups is 1. The van der Waals surface area contributed by atoms with Crippen LogP contribution >= 0.6 is 0 Å². The molecule has 4 nitrogen and oxygen atoms in total. The minimum absolute atomic E-state index is 0.678. The van der Waals surface area contributed by atoms with Crippen molar-refractivity contribution in [2.24, 2.45) is 4.99 Å². The lowest BCUT2D eigenvalue weighted by Gasteiger charge is -2.05. The highest BCUT2D eigenvalue weighted by Gasteiger charge is 2.22. The summed E-state index contributed by atoms with van der Waals surface area (Å²) in [5.41, 5.74) is 3.62. The number of anilines is 1. The first-order chi connectivity index (χ1) is 8.13. The molecule has 0 bridgehead atoms. The van der Waals surface area contributed by atoms with Gasteiger partial charge in [-0.25, -0.2) is 4.58 Å². The Balaban J connectivity index is 2.47. The summed E-state index contributed by atoms with van der Waals surface area (Å²) in [6, 6.07) is 5.84. The molecule has 0 spiro atoms. The Morgan fingerprint density at radius 1 is 1.47 bits per heavy atom. The fourth-order valence-electron chi connectivity index (χ4n) is 1.69. The number of nitrogens with one attached hydrogen (secondary N) is 1. The second-order valence-electron chi connectivity index (χ2n) is 3.92. The van der Waals surface area contributed by atoms with Crippen LogP contribution in [0.15, 0.2) is 35.5 Å². The van der Waals surface area contributed by atoms with Crippen LogP contribution in [0.2, 0.25) is 0 Å². The topological polar surface area (TPSA) is 44.5 Å². The Morgan fingerprint density at radius 3 is 2.82 bits per heavy atom. The third kappa shape index (κ3) is 2.01. The zero-order valence-corrected chi connectivity index (χ0v) is 9.90. The molecule has 0 saturated heterocycles. The van der Waals surface area contributed by atoms with Gasteiger partial charge in [0, 0.05) is 5.69 Å². The molecule has 4 heteroatoms. The zero-order valence-electron chi connectivity index (χ0n) is 9.90. The first kappa shape index (κ1) is 11.3. The molecule has 17 heavy (non-hydrogen) atoms. The molecule has 0 unspecified atom stereocenters. The number of aliphatic imine (C=N–C) groups is 1. The molecule has 0 aliphatic carbocycles. The summed E-state index contributed by atoms with van der Waals surface area (Å²) in [4.78, 5) is 14.8. The fraction of sp³-hybridized carbons (Fsp3) is 0.154.